The average molecular weight is 364 g/mol. The van der Waals surface area contributed by atoms with Crippen LogP contribution in [0.1, 0.15) is 54.5 Å². The van der Waals surface area contributed by atoms with Crippen LogP contribution < -0.4 is 0 Å². The van der Waals surface area contributed by atoms with Crippen LogP contribution in [-0.4, -0.2) is 22.4 Å². The van der Waals surface area contributed by atoms with Gasteiger partial charge in [-0.05, 0) is 67.0 Å². The third-order valence-electron chi connectivity index (χ3n) is 5.39. The first-order chi connectivity index (χ1) is 13.2. The predicted molar refractivity (Wildman–Crippen MR) is 103 cm³/mol. The van der Waals surface area contributed by atoms with Gasteiger partial charge in [0.05, 0.1) is 6.61 Å². The lowest BCUT2D eigenvalue weighted by atomic mass is 9.78. The van der Waals surface area contributed by atoms with Crippen molar-refractivity contribution in [2.24, 2.45) is 0 Å². The van der Waals surface area contributed by atoms with E-state index in [-0.39, 0.29) is 0 Å². The summed E-state index contributed by atoms with van der Waals surface area (Å²) in [6.45, 7) is 0.597. The van der Waals surface area contributed by atoms with Crippen LogP contribution in [0, 0.1) is 0 Å². The largest absolute Gasteiger partial charge is 0.508 e. The molecule has 1 aliphatic carbocycles. The van der Waals surface area contributed by atoms with Crippen LogP contribution in [0.2, 0.25) is 0 Å². The van der Waals surface area contributed by atoms with Gasteiger partial charge in [0, 0.05) is 18.6 Å². The number of aromatic nitrogens is 2. The smallest absolute Gasteiger partial charge is 0.247 e. The predicted octanol–water partition coefficient (Wildman–Crippen LogP) is 5.03. The molecule has 0 amide bonds. The highest BCUT2D eigenvalue weighted by atomic mass is 16.5. The second kappa shape index (κ2) is 7.92. The minimum absolute atomic E-state index is 0.320. The standard InChI is InChI=1S/C22H24N2O3/c1-26-14-15-2-4-18(5-3-15)21-23-24-22(27-21)19-8-6-16(7-9-19)17-10-12-20(25)13-11-17/h2-5,10-13,16,19,25H,6-9,14H2,1H3. The van der Waals surface area contributed by atoms with Crippen LogP contribution in [0.4, 0.5) is 0 Å². The van der Waals surface area contributed by atoms with Crippen molar-refractivity contribution in [3.63, 3.8) is 0 Å². The van der Waals surface area contributed by atoms with E-state index >= 15 is 0 Å². The number of rotatable bonds is 5. The van der Waals surface area contributed by atoms with Gasteiger partial charge in [-0.3, -0.25) is 0 Å². The molecule has 2 aromatic carbocycles. The quantitative estimate of drug-likeness (QED) is 0.688. The van der Waals surface area contributed by atoms with Gasteiger partial charge in [0.25, 0.3) is 0 Å². The third-order valence-corrected chi connectivity index (χ3v) is 5.39. The molecule has 0 atom stereocenters. The topological polar surface area (TPSA) is 68.4 Å². The summed E-state index contributed by atoms with van der Waals surface area (Å²) in [5.74, 6) is 2.51. The molecule has 27 heavy (non-hydrogen) atoms. The van der Waals surface area contributed by atoms with Crippen molar-refractivity contribution in [1.82, 2.24) is 10.2 Å². The van der Waals surface area contributed by atoms with E-state index in [4.69, 9.17) is 9.15 Å². The molecule has 1 saturated carbocycles. The number of benzene rings is 2. The SMILES string of the molecule is COCc1ccc(-c2nnc(C3CCC(c4ccc(O)cc4)CC3)o2)cc1. The molecule has 0 saturated heterocycles. The Balaban J connectivity index is 1.40. The normalized spacial score (nSPS) is 19.9. The summed E-state index contributed by atoms with van der Waals surface area (Å²) < 4.78 is 11.1. The minimum Gasteiger partial charge on any atom is -0.508 e. The molecule has 3 aromatic rings. The van der Waals surface area contributed by atoms with Crippen LogP contribution in [-0.2, 0) is 11.3 Å². The van der Waals surface area contributed by atoms with Crippen molar-refractivity contribution in [1.29, 1.82) is 0 Å². The summed E-state index contributed by atoms with van der Waals surface area (Å²) >= 11 is 0. The van der Waals surface area contributed by atoms with Crippen molar-refractivity contribution in [2.45, 2.75) is 44.1 Å². The Kier molecular flexibility index (Phi) is 5.21. The maximum absolute atomic E-state index is 9.45. The Labute approximate surface area is 159 Å². The van der Waals surface area contributed by atoms with Gasteiger partial charge >= 0.3 is 0 Å². The lowest BCUT2D eigenvalue weighted by molar-refractivity contribution is 0.185. The summed E-state index contributed by atoms with van der Waals surface area (Å²) in [7, 11) is 1.69. The number of phenols is 1. The average Bonchev–Trinajstić information content (AvgIpc) is 3.20. The van der Waals surface area contributed by atoms with Gasteiger partial charge in [-0.2, -0.15) is 0 Å². The van der Waals surface area contributed by atoms with Gasteiger partial charge in [0.2, 0.25) is 11.8 Å². The van der Waals surface area contributed by atoms with E-state index in [9.17, 15) is 5.11 Å². The fraction of sp³-hybridized carbons (Fsp3) is 0.364. The van der Waals surface area contributed by atoms with E-state index in [0.717, 1.165) is 42.7 Å². The lowest BCUT2D eigenvalue weighted by Gasteiger charge is -2.26. The zero-order valence-electron chi connectivity index (χ0n) is 15.5. The number of phenolic OH excluding ortho intramolecular Hbond substituents is 1. The molecule has 1 N–H and O–H groups in total. The van der Waals surface area contributed by atoms with E-state index in [1.807, 2.05) is 36.4 Å². The second-order valence-electron chi connectivity index (χ2n) is 7.22. The van der Waals surface area contributed by atoms with Crippen molar-refractivity contribution in [2.75, 3.05) is 7.11 Å². The van der Waals surface area contributed by atoms with E-state index in [0.29, 0.717) is 30.1 Å². The summed E-state index contributed by atoms with van der Waals surface area (Å²) in [5, 5.41) is 18.0. The molecular weight excluding hydrogens is 340 g/mol. The molecular formula is C22H24N2O3. The summed E-state index contributed by atoms with van der Waals surface area (Å²) in [5.41, 5.74) is 3.36. The second-order valence-corrected chi connectivity index (χ2v) is 7.22. The lowest BCUT2D eigenvalue weighted by Crippen LogP contribution is -2.12. The Bertz CT molecular complexity index is 863. The molecule has 0 radical (unpaired) electrons. The summed E-state index contributed by atoms with van der Waals surface area (Å²) in [4.78, 5) is 0. The van der Waals surface area contributed by atoms with Crippen molar-refractivity contribution in [3.8, 4) is 17.2 Å². The van der Waals surface area contributed by atoms with E-state index in [1.54, 1.807) is 19.2 Å². The van der Waals surface area contributed by atoms with Crippen LogP contribution in [0.5, 0.6) is 5.75 Å². The summed E-state index contributed by atoms with van der Waals surface area (Å²) in [6, 6.07) is 15.6. The Morgan fingerprint density at radius 2 is 1.59 bits per heavy atom. The third kappa shape index (κ3) is 4.03. The molecule has 1 heterocycles. The van der Waals surface area contributed by atoms with E-state index in [2.05, 4.69) is 10.2 Å². The number of ether oxygens (including phenoxy) is 1. The van der Waals surface area contributed by atoms with Crippen molar-refractivity contribution >= 4 is 0 Å². The molecule has 140 valence electrons. The molecule has 0 unspecified atom stereocenters. The molecule has 0 spiro atoms. The van der Waals surface area contributed by atoms with E-state index < -0.39 is 0 Å². The fourth-order valence-electron chi connectivity index (χ4n) is 3.85. The number of methoxy groups -OCH3 is 1. The maximum Gasteiger partial charge on any atom is 0.247 e. The van der Waals surface area contributed by atoms with E-state index in [1.165, 1.54) is 5.56 Å². The summed E-state index contributed by atoms with van der Waals surface area (Å²) in [6.07, 6.45) is 4.28. The molecule has 0 bridgehead atoms. The molecule has 1 aromatic heterocycles. The Morgan fingerprint density at radius 3 is 2.26 bits per heavy atom. The van der Waals surface area contributed by atoms with Gasteiger partial charge in [-0.25, -0.2) is 0 Å². The van der Waals surface area contributed by atoms with Gasteiger partial charge < -0.3 is 14.3 Å². The zero-order chi connectivity index (χ0) is 18.6. The number of aromatic hydroxyl groups is 1. The number of hydrogen-bond donors (Lipinski definition) is 1. The zero-order valence-corrected chi connectivity index (χ0v) is 15.5. The monoisotopic (exact) mass is 364 g/mol. The Morgan fingerprint density at radius 1 is 0.926 bits per heavy atom. The van der Waals surface area contributed by atoms with Crippen LogP contribution in [0.3, 0.4) is 0 Å². The van der Waals surface area contributed by atoms with Gasteiger partial charge in [0.15, 0.2) is 0 Å². The molecule has 1 fully saturated rings. The van der Waals surface area contributed by atoms with Crippen molar-refractivity contribution in [3.05, 3.63) is 65.5 Å². The van der Waals surface area contributed by atoms with Gasteiger partial charge in [-0.1, -0.05) is 24.3 Å². The highest BCUT2D eigenvalue weighted by Crippen LogP contribution is 2.40. The van der Waals surface area contributed by atoms with Crippen LogP contribution >= 0.6 is 0 Å². The molecule has 0 aliphatic heterocycles. The molecule has 5 nitrogen and oxygen atoms in total. The highest BCUT2D eigenvalue weighted by Gasteiger charge is 2.27. The van der Waals surface area contributed by atoms with Gasteiger partial charge in [-0.15, -0.1) is 10.2 Å². The first-order valence-electron chi connectivity index (χ1n) is 9.43. The molecule has 4 rings (SSSR count). The van der Waals surface area contributed by atoms with Crippen LogP contribution in [0.25, 0.3) is 11.5 Å². The first kappa shape index (κ1) is 17.7. The number of nitrogens with zero attached hydrogens (tertiary/aromatic N) is 2. The fourth-order valence-corrected chi connectivity index (χ4v) is 3.85. The van der Waals surface area contributed by atoms with Gasteiger partial charge in [0.1, 0.15) is 5.75 Å². The van der Waals surface area contributed by atoms with Crippen molar-refractivity contribution < 1.29 is 14.3 Å². The highest BCUT2D eigenvalue weighted by molar-refractivity contribution is 5.53. The first-order valence-corrected chi connectivity index (χ1v) is 9.43. The molecule has 1 aliphatic rings. The molecule has 5 heteroatoms. The number of hydrogen-bond acceptors (Lipinski definition) is 5. The maximum atomic E-state index is 9.45. The minimum atomic E-state index is 0.320. The Hall–Kier alpha value is -2.66. The van der Waals surface area contributed by atoms with Crippen LogP contribution in [0.15, 0.2) is 52.9 Å².